The van der Waals surface area contributed by atoms with E-state index in [9.17, 15) is 12.8 Å². The standard InChI is InChI=1S/C15H23FN4O3S/c1-23-10-12-9-20(24(2,21)22)11-15(12)3-5-19(6-4-15)14-17-7-13(16)8-18-14/h7-8,12H,3-6,9-11H2,1-2H3/t12-/m0/s1. The van der Waals surface area contributed by atoms with Crippen molar-refractivity contribution in [2.24, 2.45) is 11.3 Å². The molecule has 1 atom stereocenters. The van der Waals surface area contributed by atoms with Gasteiger partial charge in [0.05, 0.1) is 25.3 Å². The van der Waals surface area contributed by atoms with Gasteiger partial charge in [-0.25, -0.2) is 27.1 Å². The zero-order valence-electron chi connectivity index (χ0n) is 14.0. The third kappa shape index (κ3) is 3.38. The van der Waals surface area contributed by atoms with Crippen molar-refractivity contribution in [2.75, 3.05) is 51.1 Å². The number of rotatable bonds is 4. The molecule has 0 amide bonds. The lowest BCUT2D eigenvalue weighted by Gasteiger charge is -2.42. The Morgan fingerprint density at radius 1 is 1.33 bits per heavy atom. The maximum atomic E-state index is 13.0. The van der Waals surface area contributed by atoms with Crippen molar-refractivity contribution >= 4 is 16.0 Å². The van der Waals surface area contributed by atoms with Crippen LogP contribution in [0.25, 0.3) is 0 Å². The molecule has 0 bridgehead atoms. The summed E-state index contributed by atoms with van der Waals surface area (Å²) in [5, 5.41) is 0. The predicted molar refractivity (Wildman–Crippen MR) is 87.7 cm³/mol. The van der Waals surface area contributed by atoms with Gasteiger partial charge in [0.25, 0.3) is 0 Å². The lowest BCUT2D eigenvalue weighted by atomic mass is 9.71. The molecule has 1 spiro atoms. The van der Waals surface area contributed by atoms with E-state index in [1.165, 1.54) is 18.6 Å². The Labute approximate surface area is 141 Å². The van der Waals surface area contributed by atoms with Crippen molar-refractivity contribution in [3.05, 3.63) is 18.2 Å². The minimum Gasteiger partial charge on any atom is -0.384 e. The molecule has 2 aliphatic heterocycles. The van der Waals surface area contributed by atoms with Gasteiger partial charge in [-0.2, -0.15) is 0 Å². The summed E-state index contributed by atoms with van der Waals surface area (Å²) in [6, 6.07) is 0. The Morgan fingerprint density at radius 2 is 1.96 bits per heavy atom. The van der Waals surface area contributed by atoms with Gasteiger partial charge in [0.2, 0.25) is 16.0 Å². The van der Waals surface area contributed by atoms with Crippen LogP contribution in [-0.4, -0.2) is 68.8 Å². The largest absolute Gasteiger partial charge is 0.384 e. The highest BCUT2D eigenvalue weighted by atomic mass is 32.2. The van der Waals surface area contributed by atoms with Crippen molar-refractivity contribution in [3.8, 4) is 0 Å². The highest BCUT2D eigenvalue weighted by molar-refractivity contribution is 7.88. The van der Waals surface area contributed by atoms with E-state index in [0.717, 1.165) is 25.9 Å². The lowest BCUT2D eigenvalue weighted by Crippen LogP contribution is -2.46. The van der Waals surface area contributed by atoms with Gasteiger partial charge in [0.1, 0.15) is 0 Å². The molecule has 2 fully saturated rings. The molecular formula is C15H23FN4O3S. The summed E-state index contributed by atoms with van der Waals surface area (Å²) in [7, 11) is -1.55. The molecule has 134 valence electrons. The molecule has 9 heteroatoms. The number of ether oxygens (including phenoxy) is 1. The number of halogens is 1. The van der Waals surface area contributed by atoms with Crippen molar-refractivity contribution in [1.82, 2.24) is 14.3 Å². The van der Waals surface area contributed by atoms with Crippen LogP contribution < -0.4 is 4.90 Å². The fraction of sp³-hybridized carbons (Fsp3) is 0.733. The van der Waals surface area contributed by atoms with Gasteiger partial charge in [-0.3, -0.25) is 0 Å². The van der Waals surface area contributed by atoms with Gasteiger partial charge in [0, 0.05) is 39.2 Å². The predicted octanol–water partition coefficient (Wildman–Crippen LogP) is 0.740. The van der Waals surface area contributed by atoms with E-state index in [1.54, 1.807) is 11.4 Å². The summed E-state index contributed by atoms with van der Waals surface area (Å²) in [4.78, 5) is 10.1. The van der Waals surface area contributed by atoms with Crippen LogP contribution in [0.3, 0.4) is 0 Å². The molecule has 2 aliphatic rings. The fourth-order valence-corrected chi connectivity index (χ4v) is 4.80. The van der Waals surface area contributed by atoms with E-state index in [1.807, 2.05) is 4.90 Å². The SMILES string of the molecule is COC[C@@H]1CN(S(C)(=O)=O)CC12CCN(c1ncc(F)cn1)CC2. The molecule has 0 radical (unpaired) electrons. The number of anilines is 1. The van der Waals surface area contributed by atoms with Crippen LogP contribution in [0.15, 0.2) is 12.4 Å². The maximum absolute atomic E-state index is 13.0. The van der Waals surface area contributed by atoms with Gasteiger partial charge in [0.15, 0.2) is 5.82 Å². The van der Waals surface area contributed by atoms with Crippen LogP contribution in [0, 0.1) is 17.2 Å². The molecule has 1 aromatic rings. The summed E-state index contributed by atoms with van der Waals surface area (Å²) < 4.78 is 43.8. The Kier molecular flexibility index (Phi) is 4.76. The first-order valence-electron chi connectivity index (χ1n) is 8.01. The summed E-state index contributed by atoms with van der Waals surface area (Å²) in [6.45, 7) is 3.06. The zero-order valence-corrected chi connectivity index (χ0v) is 14.8. The number of piperidine rings is 1. The quantitative estimate of drug-likeness (QED) is 0.790. The first-order chi connectivity index (χ1) is 11.3. The molecule has 3 rings (SSSR count). The van der Waals surface area contributed by atoms with Crippen molar-refractivity contribution in [1.29, 1.82) is 0 Å². The van der Waals surface area contributed by atoms with E-state index in [2.05, 4.69) is 9.97 Å². The zero-order chi connectivity index (χ0) is 17.4. The topological polar surface area (TPSA) is 75.6 Å². The average molecular weight is 358 g/mol. The van der Waals surface area contributed by atoms with E-state index in [4.69, 9.17) is 4.74 Å². The Bertz CT molecular complexity index is 674. The molecule has 0 aliphatic carbocycles. The summed E-state index contributed by atoms with van der Waals surface area (Å²) in [5.41, 5.74) is -0.0738. The maximum Gasteiger partial charge on any atom is 0.225 e. The van der Waals surface area contributed by atoms with Crippen LogP contribution in [0.1, 0.15) is 12.8 Å². The smallest absolute Gasteiger partial charge is 0.225 e. The fourth-order valence-electron chi connectivity index (χ4n) is 3.85. The molecule has 3 heterocycles. The van der Waals surface area contributed by atoms with Gasteiger partial charge in [-0.15, -0.1) is 0 Å². The van der Waals surface area contributed by atoms with Gasteiger partial charge in [-0.1, -0.05) is 0 Å². The van der Waals surface area contributed by atoms with Crippen LogP contribution in [-0.2, 0) is 14.8 Å². The van der Waals surface area contributed by atoms with Gasteiger partial charge >= 0.3 is 0 Å². The number of hydrogen-bond donors (Lipinski definition) is 0. The normalized spacial score (nSPS) is 24.6. The van der Waals surface area contributed by atoms with Crippen molar-refractivity contribution in [2.45, 2.75) is 12.8 Å². The third-order valence-corrected chi connectivity index (χ3v) is 6.48. The highest BCUT2D eigenvalue weighted by Gasteiger charge is 2.50. The molecular weight excluding hydrogens is 335 g/mol. The van der Waals surface area contributed by atoms with Crippen LogP contribution in [0.4, 0.5) is 10.3 Å². The second kappa shape index (κ2) is 6.53. The second-order valence-corrected chi connectivity index (χ2v) is 8.74. The molecule has 7 nitrogen and oxygen atoms in total. The number of aromatic nitrogens is 2. The number of nitrogens with zero attached hydrogens (tertiary/aromatic N) is 4. The summed E-state index contributed by atoms with van der Waals surface area (Å²) >= 11 is 0. The highest BCUT2D eigenvalue weighted by Crippen LogP contribution is 2.45. The Balaban J connectivity index is 1.73. The van der Waals surface area contributed by atoms with Crippen molar-refractivity contribution in [3.63, 3.8) is 0 Å². The summed E-state index contributed by atoms with van der Waals surface area (Å²) in [6.07, 6.45) is 5.28. The Morgan fingerprint density at radius 3 is 2.50 bits per heavy atom. The van der Waals surface area contributed by atoms with Crippen LogP contribution in [0.5, 0.6) is 0 Å². The van der Waals surface area contributed by atoms with E-state index >= 15 is 0 Å². The average Bonchev–Trinajstić information content (AvgIpc) is 2.88. The Hall–Kier alpha value is -1.32. The molecule has 0 N–H and O–H groups in total. The van der Waals surface area contributed by atoms with Gasteiger partial charge in [-0.05, 0) is 18.3 Å². The minimum atomic E-state index is -3.20. The lowest BCUT2D eigenvalue weighted by molar-refractivity contribution is 0.0762. The van der Waals surface area contributed by atoms with E-state index in [-0.39, 0.29) is 11.3 Å². The molecule has 24 heavy (non-hydrogen) atoms. The third-order valence-electron chi connectivity index (χ3n) is 5.27. The molecule has 0 aromatic carbocycles. The molecule has 0 unspecified atom stereocenters. The first kappa shape index (κ1) is 17.5. The van der Waals surface area contributed by atoms with Crippen LogP contribution >= 0.6 is 0 Å². The second-order valence-electron chi connectivity index (χ2n) is 6.76. The molecule has 0 saturated carbocycles. The van der Waals surface area contributed by atoms with Gasteiger partial charge < -0.3 is 9.64 Å². The van der Waals surface area contributed by atoms with E-state index < -0.39 is 15.8 Å². The van der Waals surface area contributed by atoms with Crippen LogP contribution in [0.2, 0.25) is 0 Å². The number of methoxy groups -OCH3 is 1. The molecule has 1 aromatic heterocycles. The molecule has 2 saturated heterocycles. The van der Waals surface area contributed by atoms with E-state index in [0.29, 0.717) is 25.6 Å². The number of sulfonamides is 1. The first-order valence-corrected chi connectivity index (χ1v) is 9.85. The minimum absolute atomic E-state index is 0.0738. The number of hydrogen-bond acceptors (Lipinski definition) is 6. The monoisotopic (exact) mass is 358 g/mol. The van der Waals surface area contributed by atoms with Crippen molar-refractivity contribution < 1.29 is 17.5 Å². The summed E-state index contributed by atoms with van der Waals surface area (Å²) in [5.74, 6) is 0.257.